The molecule has 0 saturated carbocycles. The summed E-state index contributed by atoms with van der Waals surface area (Å²) in [4.78, 5) is 16.2. The van der Waals surface area contributed by atoms with Gasteiger partial charge in [-0.25, -0.2) is 18.7 Å². The number of fused-ring (bicyclic) bond motifs is 1. The molecule has 4 rings (SSSR count). The van der Waals surface area contributed by atoms with Gasteiger partial charge in [0.15, 0.2) is 0 Å². The van der Waals surface area contributed by atoms with Gasteiger partial charge in [-0.1, -0.05) is 0 Å². The minimum atomic E-state index is -0.499. The van der Waals surface area contributed by atoms with Crippen LogP contribution >= 0.6 is 0 Å². The molecule has 0 fully saturated rings. The third kappa shape index (κ3) is 3.46. The van der Waals surface area contributed by atoms with Crippen LogP contribution < -0.4 is 11.1 Å². The van der Waals surface area contributed by atoms with E-state index in [2.05, 4.69) is 25.3 Å². The molecule has 3 N–H and O–H groups in total. The number of benzene rings is 1. The average Bonchev–Trinajstić information content (AvgIpc) is 2.73. The molecule has 148 valence electrons. The molecule has 9 heteroatoms. The van der Waals surface area contributed by atoms with Gasteiger partial charge in [-0.05, 0) is 30.7 Å². The highest BCUT2D eigenvalue weighted by molar-refractivity contribution is 5.96. The fourth-order valence-corrected chi connectivity index (χ4v) is 3.28. The topological polar surface area (TPSA) is 113 Å². The number of aromatic nitrogens is 4. The Morgan fingerprint density at radius 3 is 2.67 bits per heavy atom. The first-order valence-electron chi connectivity index (χ1n) is 8.94. The van der Waals surface area contributed by atoms with Gasteiger partial charge in [0, 0.05) is 35.0 Å². The summed E-state index contributed by atoms with van der Waals surface area (Å²) in [7, 11) is 0. The summed E-state index contributed by atoms with van der Waals surface area (Å²) in [6.07, 6.45) is 5.47. The molecule has 4 aromatic rings. The summed E-state index contributed by atoms with van der Waals surface area (Å²) in [6, 6.07) is 7.15. The van der Waals surface area contributed by atoms with Crippen LogP contribution in [-0.4, -0.2) is 19.9 Å². The first-order chi connectivity index (χ1) is 14.5. The van der Waals surface area contributed by atoms with Gasteiger partial charge in [-0.2, -0.15) is 5.26 Å². The maximum Gasteiger partial charge on any atom is 0.150 e. The molecule has 3 aromatic heterocycles. The third-order valence-corrected chi connectivity index (χ3v) is 4.66. The van der Waals surface area contributed by atoms with E-state index in [-0.39, 0.29) is 17.2 Å². The van der Waals surface area contributed by atoms with E-state index < -0.39 is 17.7 Å². The molecule has 0 aliphatic rings. The fourth-order valence-electron chi connectivity index (χ4n) is 3.28. The average molecular weight is 403 g/mol. The van der Waals surface area contributed by atoms with Crippen LogP contribution in [0.5, 0.6) is 0 Å². The molecule has 0 saturated heterocycles. The van der Waals surface area contributed by atoms with Gasteiger partial charge in [0.05, 0.1) is 17.8 Å². The van der Waals surface area contributed by atoms with Gasteiger partial charge < -0.3 is 11.1 Å². The Morgan fingerprint density at radius 2 is 1.90 bits per heavy atom. The number of nitrogen functional groups attached to an aromatic ring is 1. The minimum Gasteiger partial charge on any atom is -0.382 e. The van der Waals surface area contributed by atoms with Crippen molar-refractivity contribution in [2.45, 2.75) is 13.0 Å². The van der Waals surface area contributed by atoms with Gasteiger partial charge in [0.1, 0.15) is 41.2 Å². The largest absolute Gasteiger partial charge is 0.382 e. The fraction of sp³-hybridized carbons (Fsp3) is 0.0952. The molecule has 30 heavy (non-hydrogen) atoms. The number of nitrogens with zero attached hydrogens (tertiary/aromatic N) is 5. The normalized spacial score (nSPS) is 11.8. The lowest BCUT2D eigenvalue weighted by Gasteiger charge is -2.20. The van der Waals surface area contributed by atoms with E-state index in [9.17, 15) is 14.0 Å². The molecule has 1 unspecified atom stereocenters. The molecule has 0 spiro atoms. The van der Waals surface area contributed by atoms with Gasteiger partial charge >= 0.3 is 0 Å². The number of pyridine rings is 2. The summed E-state index contributed by atoms with van der Waals surface area (Å²) in [5.74, 6) is -0.599. The molecule has 0 aliphatic carbocycles. The standard InChI is InChI=1S/C21H15F2N7/c1-11(30-21-16(6-24)20(25)28-10-29-21)17-9-27-18-5-13(22)2-3-15(18)19(17)12-4-14(23)8-26-7-12/h2-5,7-11H,1H3,(H3,25,28,29,30). The SMILES string of the molecule is CC(Nc1ncnc(N)c1C#N)c1cnc2cc(F)ccc2c1-c1cncc(F)c1. The quantitative estimate of drug-likeness (QED) is 0.529. The van der Waals surface area contributed by atoms with Crippen molar-refractivity contribution < 1.29 is 8.78 Å². The smallest absolute Gasteiger partial charge is 0.150 e. The van der Waals surface area contributed by atoms with E-state index in [0.29, 0.717) is 27.6 Å². The van der Waals surface area contributed by atoms with Crippen LogP contribution in [0.2, 0.25) is 0 Å². The highest BCUT2D eigenvalue weighted by atomic mass is 19.1. The van der Waals surface area contributed by atoms with Crippen molar-refractivity contribution >= 4 is 22.5 Å². The van der Waals surface area contributed by atoms with E-state index in [0.717, 1.165) is 6.20 Å². The summed E-state index contributed by atoms with van der Waals surface area (Å²) >= 11 is 0. The van der Waals surface area contributed by atoms with Crippen molar-refractivity contribution in [3.8, 4) is 17.2 Å². The van der Waals surface area contributed by atoms with E-state index in [1.54, 1.807) is 12.3 Å². The van der Waals surface area contributed by atoms with Gasteiger partial charge in [-0.15, -0.1) is 0 Å². The second-order valence-corrected chi connectivity index (χ2v) is 6.60. The van der Waals surface area contributed by atoms with Crippen LogP contribution in [0, 0.1) is 23.0 Å². The maximum absolute atomic E-state index is 13.9. The molecular weight excluding hydrogens is 388 g/mol. The van der Waals surface area contributed by atoms with Crippen LogP contribution in [0.4, 0.5) is 20.4 Å². The lowest BCUT2D eigenvalue weighted by atomic mass is 9.94. The van der Waals surface area contributed by atoms with Crippen molar-refractivity contribution in [2.75, 3.05) is 11.1 Å². The number of hydrogen-bond donors (Lipinski definition) is 2. The second-order valence-electron chi connectivity index (χ2n) is 6.60. The molecule has 0 aliphatic heterocycles. The number of nitrogens with one attached hydrogen (secondary N) is 1. The summed E-state index contributed by atoms with van der Waals surface area (Å²) < 4.78 is 27.6. The number of nitriles is 1. The van der Waals surface area contributed by atoms with Crippen LogP contribution in [0.25, 0.3) is 22.0 Å². The Kier molecular flexibility index (Phi) is 4.90. The zero-order valence-corrected chi connectivity index (χ0v) is 15.8. The molecule has 3 heterocycles. The number of nitrogens with two attached hydrogens (primary N) is 1. The lowest BCUT2D eigenvalue weighted by molar-refractivity contribution is 0.622. The van der Waals surface area contributed by atoms with Gasteiger partial charge in [-0.3, -0.25) is 9.97 Å². The van der Waals surface area contributed by atoms with E-state index >= 15 is 0 Å². The second kappa shape index (κ2) is 7.67. The molecule has 0 radical (unpaired) electrons. The Balaban J connectivity index is 1.89. The molecule has 1 atom stereocenters. The van der Waals surface area contributed by atoms with E-state index in [1.165, 1.54) is 30.7 Å². The van der Waals surface area contributed by atoms with Crippen molar-refractivity contribution in [1.29, 1.82) is 5.26 Å². The number of anilines is 2. The molecule has 7 nitrogen and oxygen atoms in total. The van der Waals surface area contributed by atoms with Crippen molar-refractivity contribution in [3.63, 3.8) is 0 Å². The number of hydrogen-bond acceptors (Lipinski definition) is 7. The van der Waals surface area contributed by atoms with Crippen molar-refractivity contribution in [2.24, 2.45) is 0 Å². The summed E-state index contributed by atoms with van der Waals surface area (Å²) in [6.45, 7) is 1.84. The van der Waals surface area contributed by atoms with Crippen LogP contribution in [-0.2, 0) is 0 Å². The van der Waals surface area contributed by atoms with Crippen LogP contribution in [0.1, 0.15) is 24.1 Å². The molecule has 0 amide bonds. The summed E-state index contributed by atoms with van der Waals surface area (Å²) in [5, 5.41) is 13.1. The molecule has 1 aromatic carbocycles. The minimum absolute atomic E-state index is 0.0591. The molecule has 0 bridgehead atoms. The van der Waals surface area contributed by atoms with Gasteiger partial charge in [0.25, 0.3) is 0 Å². The predicted octanol–water partition coefficient (Wildman–Crippen LogP) is 3.99. The first-order valence-corrected chi connectivity index (χ1v) is 8.94. The Labute approximate surface area is 170 Å². The van der Waals surface area contributed by atoms with Crippen LogP contribution in [0.15, 0.2) is 49.2 Å². The first kappa shape index (κ1) is 19.1. The van der Waals surface area contributed by atoms with Crippen molar-refractivity contribution in [1.82, 2.24) is 19.9 Å². The predicted molar refractivity (Wildman–Crippen MR) is 108 cm³/mol. The highest BCUT2D eigenvalue weighted by Crippen LogP contribution is 2.36. The lowest BCUT2D eigenvalue weighted by Crippen LogP contribution is -2.12. The zero-order valence-electron chi connectivity index (χ0n) is 15.8. The zero-order chi connectivity index (χ0) is 21.3. The Bertz CT molecular complexity index is 1300. The Hall–Kier alpha value is -4.19. The maximum atomic E-state index is 13.9. The van der Waals surface area contributed by atoms with E-state index in [1.807, 2.05) is 13.0 Å². The number of halogens is 2. The third-order valence-electron chi connectivity index (χ3n) is 4.66. The molecular formula is C21H15F2N7. The number of rotatable bonds is 4. The monoisotopic (exact) mass is 403 g/mol. The van der Waals surface area contributed by atoms with Crippen molar-refractivity contribution in [3.05, 3.63) is 71.9 Å². The Morgan fingerprint density at radius 1 is 1.07 bits per heavy atom. The van der Waals surface area contributed by atoms with Gasteiger partial charge in [0.2, 0.25) is 0 Å². The highest BCUT2D eigenvalue weighted by Gasteiger charge is 2.19. The van der Waals surface area contributed by atoms with Crippen LogP contribution in [0.3, 0.4) is 0 Å². The summed E-state index contributed by atoms with van der Waals surface area (Å²) in [5.41, 5.74) is 8.15. The van der Waals surface area contributed by atoms with E-state index in [4.69, 9.17) is 5.73 Å².